The molecule has 4 heteroatoms. The zero-order chi connectivity index (χ0) is 13.0. The van der Waals surface area contributed by atoms with Crippen LogP contribution in [0.1, 0.15) is 49.4 Å². The van der Waals surface area contributed by atoms with Crippen molar-refractivity contribution in [1.29, 1.82) is 0 Å². The molecule has 2 heterocycles. The second kappa shape index (κ2) is 6.14. The van der Waals surface area contributed by atoms with E-state index < -0.39 is 0 Å². The molecule has 1 saturated heterocycles. The Bertz CT molecular complexity index is 405. The van der Waals surface area contributed by atoms with Crippen LogP contribution in [0.4, 0.5) is 0 Å². The molecule has 0 amide bonds. The van der Waals surface area contributed by atoms with Crippen molar-refractivity contribution in [2.45, 2.75) is 46.1 Å². The fourth-order valence-electron chi connectivity index (χ4n) is 2.53. The quantitative estimate of drug-likeness (QED) is 0.750. The second-order valence-corrected chi connectivity index (χ2v) is 5.05. The topological polar surface area (TPSA) is 38.1 Å². The molecule has 18 heavy (non-hydrogen) atoms. The number of carbonyl (C=O) groups excluding carboxylic acids is 1. The smallest absolute Gasteiger partial charge is 0.179 e. The summed E-state index contributed by atoms with van der Waals surface area (Å²) in [5.41, 5.74) is 0.602. The number of nitrogens with zero attached hydrogens (tertiary/aromatic N) is 3. The van der Waals surface area contributed by atoms with Crippen LogP contribution in [-0.4, -0.2) is 39.9 Å². The minimum Gasteiger partial charge on any atom is -0.333 e. The fourth-order valence-corrected chi connectivity index (χ4v) is 2.53. The number of aromatic nitrogens is 2. The molecular formula is C14H23N3O. The highest BCUT2D eigenvalue weighted by Crippen LogP contribution is 2.10. The van der Waals surface area contributed by atoms with E-state index in [-0.39, 0.29) is 5.78 Å². The molecule has 2 rings (SSSR count). The van der Waals surface area contributed by atoms with Crippen LogP contribution in [0.5, 0.6) is 0 Å². The highest BCUT2D eigenvalue weighted by molar-refractivity contribution is 5.91. The first-order valence-corrected chi connectivity index (χ1v) is 7.00. The Morgan fingerprint density at radius 1 is 1.28 bits per heavy atom. The van der Waals surface area contributed by atoms with Crippen LogP contribution in [0, 0.1) is 0 Å². The number of likely N-dealkylation sites (tertiary alicyclic amines) is 1. The molecule has 0 bridgehead atoms. The third-order valence-electron chi connectivity index (χ3n) is 3.64. The number of hydrogen-bond donors (Lipinski definition) is 0. The lowest BCUT2D eigenvalue weighted by molar-refractivity contribution is 0.101. The molecule has 1 aliphatic heterocycles. The lowest BCUT2D eigenvalue weighted by atomic mass is 10.1. The van der Waals surface area contributed by atoms with Gasteiger partial charge in [0.1, 0.15) is 11.5 Å². The van der Waals surface area contributed by atoms with Crippen LogP contribution in [0.15, 0.2) is 6.20 Å². The van der Waals surface area contributed by atoms with E-state index >= 15 is 0 Å². The van der Waals surface area contributed by atoms with Gasteiger partial charge in [0.05, 0.1) is 0 Å². The van der Waals surface area contributed by atoms with Crippen molar-refractivity contribution in [2.75, 3.05) is 19.6 Å². The number of aryl methyl sites for hydroxylation is 1. The number of imidazole rings is 1. The predicted molar refractivity (Wildman–Crippen MR) is 71.9 cm³/mol. The van der Waals surface area contributed by atoms with Gasteiger partial charge in [-0.15, -0.1) is 0 Å². The van der Waals surface area contributed by atoms with Crippen molar-refractivity contribution >= 4 is 5.78 Å². The molecule has 0 atom stereocenters. The highest BCUT2D eigenvalue weighted by Gasteiger charge is 2.13. The Hall–Kier alpha value is -1.16. The molecule has 0 radical (unpaired) electrons. The van der Waals surface area contributed by atoms with Crippen molar-refractivity contribution in [3.05, 3.63) is 17.7 Å². The Kier molecular flexibility index (Phi) is 4.53. The zero-order valence-electron chi connectivity index (χ0n) is 11.5. The van der Waals surface area contributed by atoms with Gasteiger partial charge in [0.25, 0.3) is 0 Å². The lowest BCUT2D eigenvalue weighted by Crippen LogP contribution is -2.32. The number of piperidine rings is 1. The second-order valence-electron chi connectivity index (χ2n) is 5.05. The number of carbonyl (C=O) groups is 1. The zero-order valence-corrected chi connectivity index (χ0v) is 11.5. The van der Waals surface area contributed by atoms with Crippen LogP contribution >= 0.6 is 0 Å². The van der Waals surface area contributed by atoms with Crippen molar-refractivity contribution < 1.29 is 4.79 Å². The average molecular weight is 249 g/mol. The molecule has 0 spiro atoms. The Morgan fingerprint density at radius 2 is 2.00 bits per heavy atom. The lowest BCUT2D eigenvalue weighted by Gasteiger charge is -2.26. The molecule has 4 nitrogen and oxygen atoms in total. The maximum atomic E-state index is 11.3. The predicted octanol–water partition coefficient (Wildman–Crippen LogP) is 2.13. The number of rotatable bonds is 5. The highest BCUT2D eigenvalue weighted by atomic mass is 16.1. The van der Waals surface area contributed by atoms with Crippen LogP contribution in [0.3, 0.4) is 0 Å². The Labute approximate surface area is 109 Å². The van der Waals surface area contributed by atoms with Gasteiger partial charge in [0.2, 0.25) is 0 Å². The van der Waals surface area contributed by atoms with E-state index in [9.17, 15) is 4.79 Å². The Morgan fingerprint density at radius 3 is 2.61 bits per heavy atom. The first-order valence-electron chi connectivity index (χ1n) is 7.00. The largest absolute Gasteiger partial charge is 0.333 e. The van der Waals surface area contributed by atoms with Crippen LogP contribution in [0.2, 0.25) is 0 Å². The SMILES string of the molecule is CCc1nc(C(C)=O)cn1CCN1CCCCC1. The molecule has 1 aliphatic rings. The summed E-state index contributed by atoms with van der Waals surface area (Å²) in [7, 11) is 0. The summed E-state index contributed by atoms with van der Waals surface area (Å²) in [5, 5.41) is 0. The van der Waals surface area contributed by atoms with E-state index in [0.29, 0.717) is 5.69 Å². The standard InChI is InChI=1S/C14H23N3O/c1-3-14-15-13(12(2)18)11-17(14)10-9-16-7-5-4-6-8-16/h11H,3-10H2,1-2H3. The van der Waals surface area contributed by atoms with Gasteiger partial charge in [-0.05, 0) is 25.9 Å². The molecular weight excluding hydrogens is 226 g/mol. The molecule has 0 saturated carbocycles. The van der Waals surface area contributed by atoms with Crippen molar-refractivity contribution in [3.8, 4) is 0 Å². The summed E-state index contributed by atoms with van der Waals surface area (Å²) in [6.45, 7) is 8.12. The molecule has 1 aromatic heterocycles. The van der Waals surface area contributed by atoms with Crippen LogP contribution in [-0.2, 0) is 13.0 Å². The van der Waals surface area contributed by atoms with E-state index in [1.165, 1.54) is 32.4 Å². The molecule has 0 aliphatic carbocycles. The average Bonchev–Trinajstić information content (AvgIpc) is 2.81. The summed E-state index contributed by atoms with van der Waals surface area (Å²) in [4.78, 5) is 18.2. The molecule has 100 valence electrons. The minimum atomic E-state index is 0.0569. The summed E-state index contributed by atoms with van der Waals surface area (Å²) >= 11 is 0. The van der Waals surface area contributed by atoms with Gasteiger partial charge in [0.15, 0.2) is 5.78 Å². The van der Waals surface area contributed by atoms with Crippen molar-refractivity contribution in [2.24, 2.45) is 0 Å². The summed E-state index contributed by atoms with van der Waals surface area (Å²) in [6.07, 6.45) is 6.81. The Balaban J connectivity index is 1.96. The van der Waals surface area contributed by atoms with Gasteiger partial charge >= 0.3 is 0 Å². The third kappa shape index (κ3) is 3.19. The number of ketones is 1. The maximum absolute atomic E-state index is 11.3. The van der Waals surface area contributed by atoms with Gasteiger partial charge in [-0.1, -0.05) is 13.3 Å². The summed E-state index contributed by atoms with van der Waals surface area (Å²) in [5.74, 6) is 1.08. The van der Waals surface area contributed by atoms with Gasteiger partial charge < -0.3 is 9.47 Å². The van der Waals surface area contributed by atoms with E-state index in [2.05, 4.69) is 21.4 Å². The molecule has 0 unspecified atom stereocenters. The third-order valence-corrected chi connectivity index (χ3v) is 3.64. The summed E-state index contributed by atoms with van der Waals surface area (Å²) in [6, 6.07) is 0. The molecule has 1 fully saturated rings. The number of Topliss-reactive ketones (excluding diaryl/α,β-unsaturated/α-hetero) is 1. The first kappa shape index (κ1) is 13.3. The minimum absolute atomic E-state index is 0.0569. The number of hydrogen-bond acceptors (Lipinski definition) is 3. The van der Waals surface area contributed by atoms with Crippen LogP contribution < -0.4 is 0 Å². The van der Waals surface area contributed by atoms with E-state index in [1.807, 2.05) is 6.20 Å². The maximum Gasteiger partial charge on any atom is 0.179 e. The fraction of sp³-hybridized carbons (Fsp3) is 0.714. The van der Waals surface area contributed by atoms with Gasteiger partial charge in [-0.25, -0.2) is 4.98 Å². The molecule has 0 aromatic carbocycles. The van der Waals surface area contributed by atoms with Gasteiger partial charge in [-0.2, -0.15) is 0 Å². The van der Waals surface area contributed by atoms with E-state index in [4.69, 9.17) is 0 Å². The van der Waals surface area contributed by atoms with Gasteiger partial charge in [-0.3, -0.25) is 4.79 Å². The van der Waals surface area contributed by atoms with E-state index in [1.54, 1.807) is 6.92 Å². The van der Waals surface area contributed by atoms with Crippen molar-refractivity contribution in [3.63, 3.8) is 0 Å². The van der Waals surface area contributed by atoms with Crippen LogP contribution in [0.25, 0.3) is 0 Å². The van der Waals surface area contributed by atoms with Crippen molar-refractivity contribution in [1.82, 2.24) is 14.5 Å². The summed E-state index contributed by atoms with van der Waals surface area (Å²) < 4.78 is 2.14. The normalized spacial score (nSPS) is 17.0. The van der Waals surface area contributed by atoms with E-state index in [0.717, 1.165) is 25.3 Å². The molecule has 1 aromatic rings. The molecule has 0 N–H and O–H groups in total. The monoisotopic (exact) mass is 249 g/mol. The first-order chi connectivity index (χ1) is 8.70. The van der Waals surface area contributed by atoms with Gasteiger partial charge in [0, 0.05) is 32.6 Å².